The van der Waals surface area contributed by atoms with Gasteiger partial charge in [0.1, 0.15) is 0 Å². The highest BCUT2D eigenvalue weighted by Crippen LogP contribution is 2.30. The van der Waals surface area contributed by atoms with E-state index in [0.29, 0.717) is 0 Å². The molecule has 0 radical (unpaired) electrons. The second-order valence-electron chi connectivity index (χ2n) is 5.00. The minimum atomic E-state index is 0.0998. The van der Waals surface area contributed by atoms with E-state index in [1.54, 1.807) is 0 Å². The van der Waals surface area contributed by atoms with Gasteiger partial charge in [0.25, 0.3) is 0 Å². The first-order valence-electron chi connectivity index (χ1n) is 6.32. The van der Waals surface area contributed by atoms with Gasteiger partial charge in [-0.3, -0.25) is 0 Å². The molecule has 0 saturated carbocycles. The van der Waals surface area contributed by atoms with Gasteiger partial charge in [-0.2, -0.15) is 0 Å². The Morgan fingerprint density at radius 1 is 1.24 bits per heavy atom. The molecule has 0 heterocycles. The molecule has 0 saturated heterocycles. The van der Waals surface area contributed by atoms with Crippen molar-refractivity contribution in [1.82, 2.24) is 0 Å². The van der Waals surface area contributed by atoms with Crippen molar-refractivity contribution in [2.75, 3.05) is 0 Å². The highest BCUT2D eigenvalue weighted by molar-refractivity contribution is 5.79. The van der Waals surface area contributed by atoms with E-state index in [9.17, 15) is 0 Å². The Bertz CT molecular complexity index is 478. The van der Waals surface area contributed by atoms with Crippen LogP contribution in [-0.4, -0.2) is 0 Å². The summed E-state index contributed by atoms with van der Waals surface area (Å²) >= 11 is 0. The molecule has 2 rings (SSSR count). The van der Waals surface area contributed by atoms with Crippen molar-refractivity contribution in [2.24, 2.45) is 5.73 Å². The van der Waals surface area contributed by atoms with Gasteiger partial charge >= 0.3 is 0 Å². The molecular formula is C16H21N. The molecule has 90 valence electrons. The number of hydrogen-bond acceptors (Lipinski definition) is 1. The molecule has 0 amide bonds. The molecule has 1 nitrogen and oxygen atoms in total. The van der Waals surface area contributed by atoms with Crippen molar-refractivity contribution < 1.29 is 0 Å². The van der Waals surface area contributed by atoms with Crippen molar-refractivity contribution in [2.45, 2.75) is 39.7 Å². The third kappa shape index (κ3) is 2.50. The first kappa shape index (κ1) is 12.1. The molecule has 0 fully saturated rings. The van der Waals surface area contributed by atoms with Crippen LogP contribution in [-0.2, 0) is 0 Å². The average Bonchev–Trinajstić information content (AvgIpc) is 2.30. The molecule has 0 spiro atoms. The van der Waals surface area contributed by atoms with Crippen LogP contribution >= 0.6 is 0 Å². The zero-order valence-corrected chi connectivity index (χ0v) is 11.0. The van der Waals surface area contributed by atoms with Crippen LogP contribution in [0.2, 0.25) is 0 Å². The molecule has 17 heavy (non-hydrogen) atoms. The largest absolute Gasteiger partial charge is 0.324 e. The molecule has 1 aromatic rings. The Labute approximate surface area is 104 Å². The van der Waals surface area contributed by atoms with Crippen LogP contribution < -0.4 is 5.73 Å². The average molecular weight is 227 g/mol. The zero-order valence-electron chi connectivity index (χ0n) is 11.0. The summed E-state index contributed by atoms with van der Waals surface area (Å²) < 4.78 is 0. The number of rotatable bonds is 2. The first-order valence-corrected chi connectivity index (χ1v) is 6.32. The van der Waals surface area contributed by atoms with E-state index >= 15 is 0 Å². The molecule has 0 aromatic heterocycles. The van der Waals surface area contributed by atoms with Gasteiger partial charge in [0.15, 0.2) is 0 Å². The second kappa shape index (κ2) is 4.89. The third-order valence-electron chi connectivity index (χ3n) is 3.51. The standard InChI is InChI=1S/C16H21N/c1-11-6-4-5-7-15(11)16-10-14(13(3)17)9-8-12(16)2/h5,7-10,13H,4,6,17H2,1-3H3. The zero-order chi connectivity index (χ0) is 12.4. The van der Waals surface area contributed by atoms with E-state index in [4.69, 9.17) is 5.73 Å². The number of aryl methyl sites for hydroxylation is 1. The lowest BCUT2D eigenvalue weighted by Crippen LogP contribution is -2.06. The Hall–Kier alpha value is -1.34. The van der Waals surface area contributed by atoms with Crippen LogP contribution in [0.5, 0.6) is 0 Å². The maximum Gasteiger partial charge on any atom is 0.0266 e. The Morgan fingerprint density at radius 3 is 2.65 bits per heavy atom. The summed E-state index contributed by atoms with van der Waals surface area (Å²) in [7, 11) is 0. The van der Waals surface area contributed by atoms with Crippen LogP contribution in [0, 0.1) is 6.92 Å². The smallest absolute Gasteiger partial charge is 0.0266 e. The Morgan fingerprint density at radius 2 is 2.00 bits per heavy atom. The number of allylic oxidation sites excluding steroid dienone is 4. The molecular weight excluding hydrogens is 206 g/mol. The highest BCUT2D eigenvalue weighted by Gasteiger charge is 2.10. The lowest BCUT2D eigenvalue weighted by molar-refractivity contribution is 0.817. The fraction of sp³-hybridized carbons (Fsp3) is 0.375. The molecule has 1 heteroatoms. The molecule has 1 unspecified atom stereocenters. The van der Waals surface area contributed by atoms with Gasteiger partial charge in [0.2, 0.25) is 0 Å². The highest BCUT2D eigenvalue weighted by atomic mass is 14.6. The van der Waals surface area contributed by atoms with Crippen molar-refractivity contribution in [3.8, 4) is 0 Å². The van der Waals surface area contributed by atoms with E-state index in [1.165, 1.54) is 40.7 Å². The molecule has 1 aliphatic rings. The molecule has 1 aromatic carbocycles. The summed E-state index contributed by atoms with van der Waals surface area (Å²) in [6, 6.07) is 6.65. The maximum atomic E-state index is 5.96. The summed E-state index contributed by atoms with van der Waals surface area (Å²) in [5, 5.41) is 0. The minimum Gasteiger partial charge on any atom is -0.324 e. The lowest BCUT2D eigenvalue weighted by Gasteiger charge is -2.17. The van der Waals surface area contributed by atoms with E-state index < -0.39 is 0 Å². The number of hydrogen-bond donors (Lipinski definition) is 1. The van der Waals surface area contributed by atoms with Gasteiger partial charge in [-0.1, -0.05) is 29.9 Å². The lowest BCUT2D eigenvalue weighted by atomic mass is 9.89. The van der Waals surface area contributed by atoms with Crippen molar-refractivity contribution in [3.05, 3.63) is 52.6 Å². The van der Waals surface area contributed by atoms with E-state index in [2.05, 4.69) is 44.2 Å². The molecule has 1 atom stereocenters. The summed E-state index contributed by atoms with van der Waals surface area (Å²) in [5.74, 6) is 0. The molecule has 2 N–H and O–H groups in total. The van der Waals surface area contributed by atoms with E-state index in [-0.39, 0.29) is 6.04 Å². The van der Waals surface area contributed by atoms with Gasteiger partial charge in [0, 0.05) is 6.04 Å². The first-order chi connectivity index (χ1) is 8.09. The SMILES string of the molecule is CC1=C(c2cc(C(C)N)ccc2C)C=CCC1. The van der Waals surface area contributed by atoms with Crippen LogP contribution in [0.4, 0.5) is 0 Å². The van der Waals surface area contributed by atoms with Crippen LogP contribution in [0.3, 0.4) is 0 Å². The fourth-order valence-corrected chi connectivity index (χ4v) is 2.31. The van der Waals surface area contributed by atoms with Crippen molar-refractivity contribution in [3.63, 3.8) is 0 Å². The van der Waals surface area contributed by atoms with Crippen molar-refractivity contribution in [1.29, 1.82) is 0 Å². The van der Waals surface area contributed by atoms with Crippen LogP contribution in [0.15, 0.2) is 35.9 Å². The predicted octanol–water partition coefficient (Wildman–Crippen LogP) is 4.14. The fourth-order valence-electron chi connectivity index (χ4n) is 2.31. The van der Waals surface area contributed by atoms with Gasteiger partial charge in [-0.25, -0.2) is 0 Å². The third-order valence-corrected chi connectivity index (χ3v) is 3.51. The Balaban J connectivity index is 2.51. The monoisotopic (exact) mass is 227 g/mol. The molecule has 1 aliphatic carbocycles. The second-order valence-corrected chi connectivity index (χ2v) is 5.00. The summed E-state index contributed by atoms with van der Waals surface area (Å²) in [4.78, 5) is 0. The molecule has 0 aliphatic heterocycles. The number of benzene rings is 1. The van der Waals surface area contributed by atoms with Gasteiger partial charge in [-0.05, 0) is 61.9 Å². The summed E-state index contributed by atoms with van der Waals surface area (Å²) in [6.45, 7) is 6.44. The van der Waals surface area contributed by atoms with Gasteiger partial charge in [0.05, 0.1) is 0 Å². The van der Waals surface area contributed by atoms with Gasteiger partial charge < -0.3 is 5.73 Å². The van der Waals surface area contributed by atoms with Crippen LogP contribution in [0.1, 0.15) is 49.4 Å². The predicted molar refractivity (Wildman–Crippen MR) is 74.7 cm³/mol. The van der Waals surface area contributed by atoms with Crippen LogP contribution in [0.25, 0.3) is 5.57 Å². The number of nitrogens with two attached hydrogens (primary N) is 1. The maximum absolute atomic E-state index is 5.96. The van der Waals surface area contributed by atoms with E-state index in [1.807, 2.05) is 6.92 Å². The summed E-state index contributed by atoms with van der Waals surface area (Å²) in [5.41, 5.74) is 12.7. The van der Waals surface area contributed by atoms with Crippen molar-refractivity contribution >= 4 is 5.57 Å². The normalized spacial score (nSPS) is 17.4. The topological polar surface area (TPSA) is 26.0 Å². The Kier molecular flexibility index (Phi) is 3.49. The quantitative estimate of drug-likeness (QED) is 0.807. The molecule has 0 bridgehead atoms. The van der Waals surface area contributed by atoms with E-state index in [0.717, 1.165) is 0 Å². The summed E-state index contributed by atoms with van der Waals surface area (Å²) in [6.07, 6.45) is 6.86. The van der Waals surface area contributed by atoms with Gasteiger partial charge in [-0.15, -0.1) is 0 Å². The minimum absolute atomic E-state index is 0.0998.